The van der Waals surface area contributed by atoms with Crippen LogP contribution < -0.4 is 0 Å². The molecule has 3 aromatic rings. The number of nitrogens with zero attached hydrogens (tertiary/aromatic N) is 2. The van der Waals surface area contributed by atoms with Crippen LogP contribution in [0.2, 0.25) is 30.1 Å². The van der Waals surface area contributed by atoms with Gasteiger partial charge in [-0.25, -0.2) is 9.98 Å². The zero-order chi connectivity index (χ0) is 24.0. The summed E-state index contributed by atoms with van der Waals surface area (Å²) in [5.74, 6) is 0. The fourth-order valence-electron chi connectivity index (χ4n) is 2.46. The van der Waals surface area contributed by atoms with Crippen molar-refractivity contribution < 1.29 is 13.1 Å². The van der Waals surface area contributed by atoms with Crippen LogP contribution in [0.1, 0.15) is 23.6 Å². The van der Waals surface area contributed by atoms with E-state index in [1.54, 1.807) is 24.3 Å². The molecule has 12 heteroatoms. The van der Waals surface area contributed by atoms with Crippen molar-refractivity contribution in [2.75, 3.05) is 0 Å². The first-order valence-electron chi connectivity index (χ1n) is 8.42. The van der Waals surface area contributed by atoms with Gasteiger partial charge in [0.2, 0.25) is 0 Å². The third-order valence-corrected chi connectivity index (χ3v) is 6.73. The van der Waals surface area contributed by atoms with Gasteiger partial charge in [0, 0.05) is 19.8 Å². The molecule has 32 heavy (non-hydrogen) atoms. The van der Waals surface area contributed by atoms with Crippen LogP contribution in [0.25, 0.3) is 0 Å². The number of benzene rings is 2. The fraction of sp³-hybridized carbons (Fsp3) is 0.100. The molecule has 0 aliphatic heterocycles. The normalized spacial score (nSPS) is 12.1. The average Bonchev–Trinajstić information content (AvgIpc) is 3.18. The Hall–Kier alpha value is 0.319. The quantitative estimate of drug-likeness (QED) is 0.198. The molecule has 0 bridgehead atoms. The molecular formula is C20H12Cl8FeN2S. The first kappa shape index (κ1) is 28.6. The van der Waals surface area contributed by atoms with Gasteiger partial charge in [-0.15, -0.1) is 11.3 Å². The predicted molar refractivity (Wildman–Crippen MR) is 143 cm³/mol. The molecule has 0 unspecified atom stereocenters. The Bertz CT molecular complexity index is 1040. The predicted octanol–water partition coefficient (Wildman–Crippen LogP) is 11.3. The van der Waals surface area contributed by atoms with Crippen LogP contribution in [-0.4, -0.2) is 11.4 Å². The second-order valence-electron chi connectivity index (χ2n) is 6.04. The van der Waals surface area contributed by atoms with Gasteiger partial charge in [-0.2, -0.15) is 0 Å². The standard InChI is InChI=1S/C20H12Cl6N2S.2ClH.Fe/c1-9(27-19-13(23)5-11(21)6-14(19)24)17-3-4-18(29-17)10(2)28-20-15(25)7-12(22)8-16(20)26;;;/h3-8H,1-2H3;2*1H;/q;;;+2/p-2. The van der Waals surface area contributed by atoms with E-state index in [-0.39, 0.29) is 13.1 Å². The number of hydrogen-bond donors (Lipinski definition) is 0. The molecule has 3 rings (SSSR count). The van der Waals surface area contributed by atoms with Crippen LogP contribution in [0.3, 0.4) is 0 Å². The van der Waals surface area contributed by atoms with Gasteiger partial charge in [0.05, 0.1) is 31.5 Å². The number of thiophene rings is 1. The van der Waals surface area contributed by atoms with E-state index in [0.29, 0.717) is 41.5 Å². The third-order valence-electron chi connectivity index (χ3n) is 3.84. The molecule has 0 spiro atoms. The molecule has 2 nitrogen and oxygen atoms in total. The van der Waals surface area contributed by atoms with Gasteiger partial charge in [0.1, 0.15) is 11.4 Å². The second-order valence-corrected chi connectivity index (χ2v) is 11.5. The summed E-state index contributed by atoms with van der Waals surface area (Å²) in [5.41, 5.74) is 2.50. The Morgan fingerprint density at radius 3 is 1.22 bits per heavy atom. The molecule has 0 saturated carbocycles. The summed E-state index contributed by atoms with van der Waals surface area (Å²) in [4.78, 5) is 11.0. The molecule has 0 atom stereocenters. The van der Waals surface area contributed by atoms with Crippen LogP contribution in [0, 0.1) is 0 Å². The van der Waals surface area contributed by atoms with Crippen molar-refractivity contribution >= 4 is 124 Å². The molecule has 0 fully saturated rings. The first-order chi connectivity index (χ1) is 15.1. The molecule has 0 amide bonds. The van der Waals surface area contributed by atoms with Gasteiger partial charge in [0.25, 0.3) is 0 Å². The van der Waals surface area contributed by atoms with E-state index in [0.717, 1.165) is 21.2 Å². The van der Waals surface area contributed by atoms with Crippen molar-refractivity contribution in [3.8, 4) is 0 Å². The first-order valence-corrected chi connectivity index (χ1v) is 14.5. The maximum absolute atomic E-state index is 6.23. The maximum atomic E-state index is 6.23. The fourth-order valence-corrected chi connectivity index (χ4v) is 5.15. The summed E-state index contributed by atoms with van der Waals surface area (Å²) in [7, 11) is 9.53. The summed E-state index contributed by atoms with van der Waals surface area (Å²) in [5, 5.41) is 2.49. The topological polar surface area (TPSA) is 24.7 Å². The Morgan fingerprint density at radius 1 is 0.656 bits per heavy atom. The van der Waals surface area contributed by atoms with Crippen molar-refractivity contribution in [2.45, 2.75) is 13.8 Å². The van der Waals surface area contributed by atoms with E-state index in [4.69, 9.17) is 89.8 Å². The molecule has 0 aliphatic carbocycles. The molecule has 172 valence electrons. The van der Waals surface area contributed by atoms with Gasteiger partial charge < -0.3 is 0 Å². The summed E-state index contributed by atoms with van der Waals surface area (Å²) < 4.78 is 0. The molecule has 0 saturated heterocycles. The number of halogens is 8. The summed E-state index contributed by atoms with van der Waals surface area (Å²) >= 11 is 38.5. The summed E-state index contributed by atoms with van der Waals surface area (Å²) in [6, 6.07) is 10.4. The van der Waals surface area contributed by atoms with E-state index in [9.17, 15) is 0 Å². The molecule has 0 N–H and O–H groups in total. The van der Waals surface area contributed by atoms with Crippen LogP contribution in [-0.2, 0) is 13.1 Å². The van der Waals surface area contributed by atoms with Crippen LogP contribution >= 0.6 is 101 Å². The zero-order valence-corrected chi connectivity index (χ0v) is 24.1. The molecule has 0 radical (unpaired) electrons. The Balaban J connectivity index is 0.00000114. The Kier molecular flexibility index (Phi) is 12.0. The van der Waals surface area contributed by atoms with Crippen molar-refractivity contribution in [1.82, 2.24) is 0 Å². The summed E-state index contributed by atoms with van der Waals surface area (Å²) in [6.07, 6.45) is 0. The molecule has 1 heterocycles. The Morgan fingerprint density at radius 2 is 0.938 bits per heavy atom. The second kappa shape index (κ2) is 13.4. The van der Waals surface area contributed by atoms with Gasteiger partial charge in [-0.05, 0) is 50.2 Å². The number of rotatable bonds is 4. The van der Waals surface area contributed by atoms with Crippen LogP contribution in [0.15, 0.2) is 46.4 Å². The number of aliphatic imine (C=N–C) groups is 2. The molecule has 2 aromatic carbocycles. The van der Waals surface area contributed by atoms with Gasteiger partial charge in [0.15, 0.2) is 0 Å². The zero-order valence-electron chi connectivity index (χ0n) is 16.1. The van der Waals surface area contributed by atoms with Crippen molar-refractivity contribution in [2.24, 2.45) is 9.98 Å². The van der Waals surface area contributed by atoms with E-state index < -0.39 is 0 Å². The third kappa shape index (κ3) is 7.93. The van der Waals surface area contributed by atoms with Gasteiger partial charge in [-0.1, -0.05) is 69.6 Å². The Labute approximate surface area is 235 Å². The monoisotopic (exact) mass is 648 g/mol. The molecule has 0 aliphatic rings. The summed E-state index contributed by atoms with van der Waals surface area (Å²) in [6.45, 7) is 3.77. The van der Waals surface area contributed by atoms with Crippen molar-refractivity contribution in [3.05, 3.63) is 76.3 Å². The van der Waals surface area contributed by atoms with Crippen molar-refractivity contribution in [1.29, 1.82) is 0 Å². The van der Waals surface area contributed by atoms with Gasteiger partial charge >= 0.3 is 33.3 Å². The van der Waals surface area contributed by atoms with E-state index in [1.165, 1.54) is 11.3 Å². The average molecular weight is 652 g/mol. The van der Waals surface area contributed by atoms with Crippen molar-refractivity contribution in [3.63, 3.8) is 0 Å². The molecular weight excluding hydrogens is 640 g/mol. The minimum atomic E-state index is 0.194. The minimum absolute atomic E-state index is 0.194. The van der Waals surface area contributed by atoms with E-state index in [2.05, 4.69) is 9.98 Å². The molecule has 1 aromatic heterocycles. The number of hydrogen-bond acceptors (Lipinski definition) is 3. The van der Waals surface area contributed by atoms with Crippen LogP contribution in [0.5, 0.6) is 0 Å². The van der Waals surface area contributed by atoms with E-state index in [1.807, 2.05) is 26.0 Å². The SMILES string of the molecule is CC(=Nc1c(Cl)cc(Cl)cc1Cl)c1ccc(C(C)=Nc2c(Cl)cc(Cl)cc2Cl)s1.[Cl][Fe][Cl]. The van der Waals surface area contributed by atoms with Crippen LogP contribution in [0.4, 0.5) is 11.4 Å². The van der Waals surface area contributed by atoms with E-state index >= 15 is 0 Å². The van der Waals surface area contributed by atoms with Gasteiger partial charge in [-0.3, -0.25) is 0 Å².